The third kappa shape index (κ3) is 13.7. The average Bonchev–Trinajstić information content (AvgIpc) is 2.86. The van der Waals surface area contributed by atoms with Gasteiger partial charge in [0.25, 0.3) is 0 Å². The van der Waals surface area contributed by atoms with Crippen LogP contribution in [-0.4, -0.2) is 45.3 Å². The van der Waals surface area contributed by atoms with Gasteiger partial charge < -0.3 is 19.4 Å². The van der Waals surface area contributed by atoms with Crippen LogP contribution in [0.15, 0.2) is 48.8 Å². The van der Waals surface area contributed by atoms with E-state index in [0.717, 1.165) is 23.3 Å². The van der Waals surface area contributed by atoms with Crippen molar-refractivity contribution in [1.82, 2.24) is 9.88 Å². The minimum absolute atomic E-state index is 0.0774. The summed E-state index contributed by atoms with van der Waals surface area (Å²) in [6.45, 7) is 3.07. The predicted octanol–water partition coefficient (Wildman–Crippen LogP) is 5.67. The topological polar surface area (TPSA) is 109 Å². The molecule has 0 bridgehead atoms. The van der Waals surface area contributed by atoms with Crippen molar-refractivity contribution in [2.75, 3.05) is 19.8 Å². The number of carbonyl (C=O) groups is 1. The number of phosphoric ester groups is 1. The van der Waals surface area contributed by atoms with Crippen molar-refractivity contribution in [2.45, 2.75) is 77.7 Å². The summed E-state index contributed by atoms with van der Waals surface area (Å²) in [4.78, 5) is 36.4. The van der Waals surface area contributed by atoms with Crippen LogP contribution < -0.4 is 4.74 Å². The fourth-order valence-electron chi connectivity index (χ4n) is 3.90. The summed E-state index contributed by atoms with van der Waals surface area (Å²) < 4.78 is 21.5. The van der Waals surface area contributed by atoms with E-state index in [-0.39, 0.29) is 25.5 Å². The molecule has 200 valence electrons. The van der Waals surface area contributed by atoms with Gasteiger partial charge in [-0.1, -0.05) is 64.0 Å². The second-order valence-electron chi connectivity index (χ2n) is 8.97. The molecule has 0 radical (unpaired) electrons. The van der Waals surface area contributed by atoms with Crippen LogP contribution in [0.4, 0.5) is 0 Å². The second-order valence-corrected chi connectivity index (χ2v) is 10.2. The summed E-state index contributed by atoms with van der Waals surface area (Å²) in [5, 5.41) is 0. The molecule has 2 N–H and O–H groups in total. The van der Waals surface area contributed by atoms with Crippen molar-refractivity contribution in [3.63, 3.8) is 0 Å². The molecule has 1 aromatic heterocycles. The first-order valence-electron chi connectivity index (χ1n) is 13.0. The molecule has 0 fully saturated rings. The third-order valence-electron chi connectivity index (χ3n) is 5.89. The molecule has 1 heterocycles. The maximum Gasteiger partial charge on any atom is 0.469 e. The quantitative estimate of drug-likeness (QED) is 0.181. The summed E-state index contributed by atoms with van der Waals surface area (Å²) in [6, 6.07) is 11.4. The average molecular weight is 521 g/mol. The Labute approximate surface area is 215 Å². The molecule has 0 atom stereocenters. The van der Waals surface area contributed by atoms with Crippen LogP contribution in [0.25, 0.3) is 0 Å². The zero-order chi connectivity index (χ0) is 26.1. The minimum atomic E-state index is -4.59. The smallest absolute Gasteiger partial charge is 0.469 e. The number of nitrogens with zero attached hydrogens (tertiary/aromatic N) is 2. The van der Waals surface area contributed by atoms with Crippen LogP contribution >= 0.6 is 7.82 Å². The molecule has 0 aliphatic rings. The highest BCUT2D eigenvalue weighted by molar-refractivity contribution is 7.46. The predicted molar refractivity (Wildman–Crippen MR) is 141 cm³/mol. The highest BCUT2D eigenvalue weighted by Gasteiger charge is 2.18. The van der Waals surface area contributed by atoms with Gasteiger partial charge in [-0.3, -0.25) is 14.3 Å². The number of benzene rings is 1. The lowest BCUT2D eigenvalue weighted by Crippen LogP contribution is -2.33. The van der Waals surface area contributed by atoms with Crippen LogP contribution in [0.1, 0.15) is 75.8 Å². The molecule has 2 rings (SSSR count). The van der Waals surface area contributed by atoms with Crippen LogP contribution in [0.5, 0.6) is 5.75 Å². The first-order valence-corrected chi connectivity index (χ1v) is 14.5. The highest BCUT2D eigenvalue weighted by Crippen LogP contribution is 2.35. The van der Waals surface area contributed by atoms with Crippen molar-refractivity contribution < 1.29 is 28.4 Å². The summed E-state index contributed by atoms with van der Waals surface area (Å²) in [6.07, 6.45) is 14.1. The number of hydrogen-bond acceptors (Lipinski definition) is 5. The normalized spacial score (nSPS) is 11.4. The van der Waals surface area contributed by atoms with Crippen molar-refractivity contribution in [3.05, 3.63) is 59.9 Å². The summed E-state index contributed by atoms with van der Waals surface area (Å²) in [5.74, 6) is 0.693. The van der Waals surface area contributed by atoms with Gasteiger partial charge in [-0.05, 0) is 48.2 Å². The van der Waals surface area contributed by atoms with Gasteiger partial charge in [0.2, 0.25) is 5.91 Å². The van der Waals surface area contributed by atoms with Gasteiger partial charge in [-0.2, -0.15) is 0 Å². The van der Waals surface area contributed by atoms with Gasteiger partial charge >= 0.3 is 7.82 Å². The zero-order valence-electron chi connectivity index (χ0n) is 21.4. The lowest BCUT2D eigenvalue weighted by Gasteiger charge is -2.23. The third-order valence-corrected chi connectivity index (χ3v) is 6.41. The lowest BCUT2D eigenvalue weighted by atomic mass is 10.1. The number of phosphoric acid groups is 1. The number of aromatic nitrogens is 1. The number of carbonyl (C=O) groups excluding carboxylic acids is 1. The fourth-order valence-corrected chi connectivity index (χ4v) is 4.22. The molecule has 8 nitrogen and oxygen atoms in total. The van der Waals surface area contributed by atoms with Crippen molar-refractivity contribution >= 4 is 13.7 Å². The van der Waals surface area contributed by atoms with Gasteiger partial charge in [0.1, 0.15) is 5.75 Å². The molecule has 36 heavy (non-hydrogen) atoms. The second kappa shape index (κ2) is 17.2. The molecule has 0 aliphatic heterocycles. The lowest BCUT2D eigenvalue weighted by molar-refractivity contribution is -0.132. The van der Waals surface area contributed by atoms with E-state index in [2.05, 4.69) is 16.4 Å². The number of aryl methyl sites for hydroxylation is 1. The Morgan fingerprint density at radius 1 is 0.944 bits per heavy atom. The number of amides is 1. The van der Waals surface area contributed by atoms with Crippen LogP contribution in [0.2, 0.25) is 0 Å². The van der Waals surface area contributed by atoms with Crippen LogP contribution in [0.3, 0.4) is 0 Å². The van der Waals surface area contributed by atoms with Crippen LogP contribution in [-0.2, 0) is 26.8 Å². The molecule has 1 amide bonds. The van der Waals surface area contributed by atoms with Gasteiger partial charge in [0, 0.05) is 31.9 Å². The van der Waals surface area contributed by atoms with Crippen molar-refractivity contribution in [2.24, 2.45) is 0 Å². The fraction of sp³-hybridized carbons (Fsp3) is 0.556. The van der Waals surface area contributed by atoms with Gasteiger partial charge in [0.15, 0.2) is 0 Å². The standard InChI is InChI=1S/C27H41N2O6P/c1-2-3-4-5-6-7-8-9-20-34-26-12-10-11-24(22-26)13-14-27(30)29(19-21-35-36(31,32)33)23-25-15-17-28-18-16-25/h10-12,15-18,22H,2-9,13-14,19-21,23H2,1H3,(H2,31,32,33). The molecule has 0 spiro atoms. The molecule has 0 unspecified atom stereocenters. The Hall–Kier alpha value is -2.25. The summed E-state index contributed by atoms with van der Waals surface area (Å²) in [5.41, 5.74) is 1.89. The molecule has 0 saturated carbocycles. The van der Waals surface area contributed by atoms with Crippen molar-refractivity contribution in [1.29, 1.82) is 0 Å². The number of hydrogen-bond donors (Lipinski definition) is 2. The number of pyridine rings is 1. The Morgan fingerprint density at radius 3 is 2.33 bits per heavy atom. The summed E-state index contributed by atoms with van der Waals surface area (Å²) in [7, 11) is -4.59. The Bertz CT molecular complexity index is 921. The Morgan fingerprint density at radius 2 is 1.64 bits per heavy atom. The first-order chi connectivity index (χ1) is 17.4. The van der Waals surface area contributed by atoms with Gasteiger partial charge in [-0.15, -0.1) is 0 Å². The highest BCUT2D eigenvalue weighted by atomic mass is 31.2. The Balaban J connectivity index is 1.78. The molecule has 9 heteroatoms. The molecule has 0 saturated heterocycles. The largest absolute Gasteiger partial charge is 0.494 e. The minimum Gasteiger partial charge on any atom is -0.494 e. The molecule has 2 aromatic rings. The SMILES string of the molecule is CCCCCCCCCCOc1cccc(CCC(=O)N(CCOP(=O)(O)O)Cc2ccncc2)c1. The molecule has 1 aromatic carbocycles. The van der Waals surface area contributed by atoms with Crippen LogP contribution in [0, 0.1) is 0 Å². The van der Waals surface area contributed by atoms with Gasteiger partial charge in [0.05, 0.1) is 13.2 Å². The van der Waals surface area contributed by atoms with E-state index >= 15 is 0 Å². The van der Waals surface area contributed by atoms with E-state index in [1.807, 2.05) is 24.3 Å². The maximum absolute atomic E-state index is 12.9. The van der Waals surface area contributed by atoms with E-state index in [0.29, 0.717) is 19.6 Å². The maximum atomic E-state index is 12.9. The molecular formula is C27H41N2O6P. The Kier molecular flexibility index (Phi) is 14.4. The number of rotatable bonds is 19. The van der Waals surface area contributed by atoms with E-state index in [1.54, 1.807) is 29.4 Å². The van der Waals surface area contributed by atoms with E-state index < -0.39 is 7.82 Å². The molecular weight excluding hydrogens is 479 g/mol. The van der Waals surface area contributed by atoms with E-state index in [1.165, 1.54) is 44.9 Å². The zero-order valence-corrected chi connectivity index (χ0v) is 22.3. The van der Waals surface area contributed by atoms with Gasteiger partial charge in [-0.25, -0.2) is 4.57 Å². The molecule has 0 aliphatic carbocycles. The first kappa shape index (κ1) is 30.0. The summed E-state index contributed by atoms with van der Waals surface area (Å²) >= 11 is 0. The number of ether oxygens (including phenoxy) is 1. The number of unbranched alkanes of at least 4 members (excludes halogenated alkanes) is 7. The van der Waals surface area contributed by atoms with Crippen molar-refractivity contribution in [3.8, 4) is 5.75 Å². The monoisotopic (exact) mass is 520 g/mol. The van der Waals surface area contributed by atoms with E-state index in [4.69, 9.17) is 14.5 Å². The van der Waals surface area contributed by atoms with E-state index in [9.17, 15) is 9.36 Å².